The zero-order valence-corrected chi connectivity index (χ0v) is 17.3. The SMILES string of the molecule is CC(C)(C)NC(=O)NC(=O)COC(=O)CNC(=O)c1ccc(C(C)(C)C)cc1. The number of esters is 1. The van der Waals surface area contributed by atoms with E-state index in [2.05, 4.69) is 31.4 Å². The number of imide groups is 1. The Morgan fingerprint density at radius 2 is 1.50 bits per heavy atom. The van der Waals surface area contributed by atoms with E-state index in [4.69, 9.17) is 4.74 Å². The third-order valence-corrected chi connectivity index (χ3v) is 3.51. The summed E-state index contributed by atoms with van der Waals surface area (Å²) in [4.78, 5) is 46.9. The Morgan fingerprint density at radius 1 is 0.929 bits per heavy atom. The molecule has 1 aromatic rings. The topological polar surface area (TPSA) is 114 Å². The molecule has 4 amide bonds. The van der Waals surface area contributed by atoms with Crippen molar-refractivity contribution in [1.29, 1.82) is 0 Å². The van der Waals surface area contributed by atoms with E-state index in [-0.39, 0.29) is 12.0 Å². The highest BCUT2D eigenvalue weighted by Gasteiger charge is 2.17. The molecule has 0 saturated heterocycles. The van der Waals surface area contributed by atoms with E-state index in [1.165, 1.54) is 0 Å². The lowest BCUT2D eigenvalue weighted by Gasteiger charge is -2.20. The number of carbonyl (C=O) groups excluding carboxylic acids is 4. The molecule has 1 aromatic carbocycles. The molecule has 0 aromatic heterocycles. The van der Waals surface area contributed by atoms with Gasteiger partial charge in [-0.2, -0.15) is 0 Å². The van der Waals surface area contributed by atoms with Crippen LogP contribution in [0.3, 0.4) is 0 Å². The number of amides is 4. The predicted molar refractivity (Wildman–Crippen MR) is 105 cm³/mol. The van der Waals surface area contributed by atoms with Crippen molar-refractivity contribution in [2.75, 3.05) is 13.2 Å². The Bertz CT molecular complexity index is 728. The zero-order valence-electron chi connectivity index (χ0n) is 17.3. The molecular weight excluding hydrogens is 362 g/mol. The minimum absolute atomic E-state index is 0.0246. The van der Waals surface area contributed by atoms with Gasteiger partial charge in [-0.25, -0.2) is 4.79 Å². The van der Waals surface area contributed by atoms with Crippen LogP contribution in [-0.4, -0.2) is 42.5 Å². The molecule has 0 bridgehead atoms. The Kier molecular flexibility index (Phi) is 7.72. The monoisotopic (exact) mass is 391 g/mol. The van der Waals surface area contributed by atoms with Crippen LogP contribution in [0.2, 0.25) is 0 Å². The predicted octanol–water partition coefficient (Wildman–Crippen LogP) is 1.88. The van der Waals surface area contributed by atoms with Crippen molar-refractivity contribution in [1.82, 2.24) is 16.0 Å². The van der Waals surface area contributed by atoms with E-state index in [1.807, 2.05) is 17.4 Å². The third kappa shape index (κ3) is 8.66. The molecule has 1 rings (SSSR count). The summed E-state index contributed by atoms with van der Waals surface area (Å²) in [6.45, 7) is 10.5. The molecule has 8 nitrogen and oxygen atoms in total. The number of rotatable bonds is 5. The Hall–Kier alpha value is -2.90. The second-order valence-electron chi connectivity index (χ2n) is 8.42. The Morgan fingerprint density at radius 3 is 2.00 bits per heavy atom. The number of ether oxygens (including phenoxy) is 1. The van der Waals surface area contributed by atoms with Crippen LogP contribution in [0.15, 0.2) is 24.3 Å². The van der Waals surface area contributed by atoms with Crippen LogP contribution >= 0.6 is 0 Å². The normalized spacial score (nSPS) is 11.4. The van der Waals surface area contributed by atoms with Gasteiger partial charge >= 0.3 is 12.0 Å². The first-order chi connectivity index (χ1) is 12.8. The molecule has 0 radical (unpaired) electrons. The van der Waals surface area contributed by atoms with Crippen molar-refractivity contribution in [2.24, 2.45) is 0 Å². The summed E-state index contributed by atoms with van der Waals surface area (Å²) in [6, 6.07) is 6.41. The average molecular weight is 391 g/mol. The van der Waals surface area contributed by atoms with Gasteiger partial charge in [0.2, 0.25) is 0 Å². The van der Waals surface area contributed by atoms with E-state index < -0.39 is 36.0 Å². The minimum atomic E-state index is -0.786. The summed E-state index contributed by atoms with van der Waals surface area (Å²) in [5.41, 5.74) is 0.974. The summed E-state index contributed by atoms with van der Waals surface area (Å²) < 4.78 is 4.74. The van der Waals surface area contributed by atoms with Crippen LogP contribution in [0.25, 0.3) is 0 Å². The standard InChI is InChI=1S/C20H29N3O5/c1-19(2,3)14-9-7-13(8-10-14)17(26)21-11-16(25)28-12-15(24)22-18(27)23-20(4,5)6/h7-10H,11-12H2,1-6H3,(H,21,26)(H2,22,23,24,27). The van der Waals surface area contributed by atoms with Crippen LogP contribution in [0, 0.1) is 0 Å². The number of carbonyl (C=O) groups is 4. The molecule has 0 saturated carbocycles. The maximum absolute atomic E-state index is 12.1. The van der Waals surface area contributed by atoms with Crippen LogP contribution < -0.4 is 16.0 Å². The van der Waals surface area contributed by atoms with Gasteiger partial charge in [0.05, 0.1) is 0 Å². The Balaban J connectivity index is 2.39. The molecule has 3 N–H and O–H groups in total. The summed E-state index contributed by atoms with van der Waals surface area (Å²) in [5.74, 6) is -1.98. The number of nitrogens with one attached hydrogen (secondary N) is 3. The maximum atomic E-state index is 12.1. The number of urea groups is 1. The lowest BCUT2D eigenvalue weighted by molar-refractivity contribution is -0.147. The first-order valence-corrected chi connectivity index (χ1v) is 8.94. The van der Waals surface area contributed by atoms with Crippen molar-refractivity contribution >= 4 is 23.8 Å². The Labute approximate surface area is 165 Å². The molecule has 0 spiro atoms. The first kappa shape index (κ1) is 23.1. The van der Waals surface area contributed by atoms with E-state index in [0.717, 1.165) is 5.56 Å². The molecule has 0 unspecified atom stereocenters. The van der Waals surface area contributed by atoms with E-state index >= 15 is 0 Å². The average Bonchev–Trinajstić information content (AvgIpc) is 2.55. The van der Waals surface area contributed by atoms with Crippen LogP contribution in [-0.2, 0) is 19.7 Å². The van der Waals surface area contributed by atoms with Crippen molar-refractivity contribution in [3.05, 3.63) is 35.4 Å². The highest BCUT2D eigenvalue weighted by atomic mass is 16.5. The molecular formula is C20H29N3O5. The number of hydrogen-bond acceptors (Lipinski definition) is 5. The van der Waals surface area contributed by atoms with Gasteiger partial charge in [0, 0.05) is 11.1 Å². The van der Waals surface area contributed by atoms with Crippen LogP contribution in [0.1, 0.15) is 57.5 Å². The molecule has 28 heavy (non-hydrogen) atoms. The van der Waals surface area contributed by atoms with Gasteiger partial charge in [0.15, 0.2) is 6.61 Å². The van der Waals surface area contributed by atoms with E-state index in [0.29, 0.717) is 5.56 Å². The molecule has 0 aliphatic carbocycles. The fourth-order valence-electron chi connectivity index (χ4n) is 2.11. The molecule has 0 aliphatic heterocycles. The van der Waals surface area contributed by atoms with Crippen molar-refractivity contribution < 1.29 is 23.9 Å². The molecule has 0 fully saturated rings. The summed E-state index contributed by atoms with van der Waals surface area (Å²) in [6.07, 6.45) is 0. The fraction of sp³-hybridized carbons (Fsp3) is 0.500. The lowest BCUT2D eigenvalue weighted by atomic mass is 9.87. The quantitative estimate of drug-likeness (QED) is 0.663. The fourth-order valence-corrected chi connectivity index (χ4v) is 2.11. The molecule has 0 atom stereocenters. The van der Waals surface area contributed by atoms with Gasteiger partial charge in [-0.3, -0.25) is 19.7 Å². The van der Waals surface area contributed by atoms with Gasteiger partial charge in [0.25, 0.3) is 11.8 Å². The van der Waals surface area contributed by atoms with E-state index in [1.54, 1.807) is 32.9 Å². The number of hydrogen-bond donors (Lipinski definition) is 3. The maximum Gasteiger partial charge on any atom is 0.325 e. The van der Waals surface area contributed by atoms with Crippen LogP contribution in [0.5, 0.6) is 0 Å². The summed E-state index contributed by atoms with van der Waals surface area (Å²) in [7, 11) is 0. The number of benzene rings is 1. The van der Waals surface area contributed by atoms with Crippen molar-refractivity contribution in [3.8, 4) is 0 Å². The van der Waals surface area contributed by atoms with Gasteiger partial charge in [-0.1, -0.05) is 32.9 Å². The molecule has 0 aliphatic rings. The summed E-state index contributed by atoms with van der Waals surface area (Å²) >= 11 is 0. The first-order valence-electron chi connectivity index (χ1n) is 8.94. The lowest BCUT2D eigenvalue weighted by Crippen LogP contribution is -2.49. The second kappa shape index (κ2) is 9.34. The highest BCUT2D eigenvalue weighted by molar-refractivity contribution is 5.97. The van der Waals surface area contributed by atoms with Crippen molar-refractivity contribution in [3.63, 3.8) is 0 Å². The van der Waals surface area contributed by atoms with Crippen molar-refractivity contribution in [2.45, 2.75) is 52.5 Å². The van der Waals surface area contributed by atoms with Gasteiger partial charge in [-0.15, -0.1) is 0 Å². The zero-order chi connectivity index (χ0) is 21.5. The largest absolute Gasteiger partial charge is 0.454 e. The highest BCUT2D eigenvalue weighted by Crippen LogP contribution is 2.22. The molecule has 8 heteroatoms. The van der Waals surface area contributed by atoms with Gasteiger partial charge in [0.1, 0.15) is 6.54 Å². The molecule has 154 valence electrons. The smallest absolute Gasteiger partial charge is 0.325 e. The van der Waals surface area contributed by atoms with Gasteiger partial charge < -0.3 is 15.4 Å². The van der Waals surface area contributed by atoms with E-state index in [9.17, 15) is 19.2 Å². The van der Waals surface area contributed by atoms with Crippen LogP contribution in [0.4, 0.5) is 4.79 Å². The van der Waals surface area contributed by atoms with Gasteiger partial charge in [-0.05, 0) is 43.9 Å². The minimum Gasteiger partial charge on any atom is -0.454 e. The third-order valence-electron chi connectivity index (χ3n) is 3.51. The molecule has 0 heterocycles. The second-order valence-corrected chi connectivity index (χ2v) is 8.42. The summed E-state index contributed by atoms with van der Waals surface area (Å²) in [5, 5.41) is 7.02.